The lowest BCUT2D eigenvalue weighted by Crippen LogP contribution is -2.47. The number of nitrogens with one attached hydrogen (secondary N) is 1. The van der Waals surface area contributed by atoms with Crippen molar-refractivity contribution in [2.75, 3.05) is 57.2 Å². The van der Waals surface area contributed by atoms with E-state index in [2.05, 4.69) is 34.0 Å². The van der Waals surface area contributed by atoms with Crippen LogP contribution in [0.3, 0.4) is 0 Å². The molecule has 140 valence electrons. The lowest BCUT2D eigenvalue weighted by molar-refractivity contribution is -0.0839. The Balaban J connectivity index is 1.56. The lowest BCUT2D eigenvalue weighted by Gasteiger charge is -2.34. The minimum atomic E-state index is -0.159. The Labute approximate surface area is 150 Å². The molecule has 1 aromatic heterocycles. The average Bonchev–Trinajstić information content (AvgIpc) is 2.86. The van der Waals surface area contributed by atoms with E-state index in [4.69, 9.17) is 9.47 Å². The second-order valence-electron chi connectivity index (χ2n) is 7.62. The van der Waals surface area contributed by atoms with Crippen molar-refractivity contribution in [3.05, 3.63) is 12.4 Å². The zero-order chi connectivity index (χ0) is 17.9. The van der Waals surface area contributed by atoms with E-state index >= 15 is 0 Å². The van der Waals surface area contributed by atoms with Crippen LogP contribution in [0.4, 0.5) is 11.6 Å². The van der Waals surface area contributed by atoms with Crippen molar-refractivity contribution in [2.45, 2.75) is 44.4 Å². The van der Waals surface area contributed by atoms with Crippen LogP contribution in [0.2, 0.25) is 0 Å². The molecule has 2 saturated heterocycles. The number of hydrogen-bond acceptors (Lipinski definition) is 7. The average molecular weight is 349 g/mol. The van der Waals surface area contributed by atoms with Crippen LogP contribution in [0, 0.1) is 0 Å². The van der Waals surface area contributed by atoms with Gasteiger partial charge in [0.25, 0.3) is 0 Å². The van der Waals surface area contributed by atoms with Crippen LogP contribution >= 0.6 is 0 Å². The summed E-state index contributed by atoms with van der Waals surface area (Å²) >= 11 is 0. The maximum atomic E-state index is 6.47. The second kappa shape index (κ2) is 7.85. The summed E-state index contributed by atoms with van der Waals surface area (Å²) in [6, 6.07) is 2.48. The molecule has 0 aliphatic carbocycles. The van der Waals surface area contributed by atoms with Crippen LogP contribution < -0.4 is 10.2 Å². The van der Waals surface area contributed by atoms with Crippen LogP contribution in [0.25, 0.3) is 0 Å². The molecule has 7 heteroatoms. The number of hydrogen-bond donors (Lipinski definition) is 1. The van der Waals surface area contributed by atoms with Gasteiger partial charge in [0, 0.05) is 45.8 Å². The van der Waals surface area contributed by atoms with Crippen LogP contribution in [-0.4, -0.2) is 79.6 Å². The molecule has 0 radical (unpaired) electrons. The maximum absolute atomic E-state index is 6.47. The summed E-state index contributed by atoms with van der Waals surface area (Å²) < 4.78 is 12.3. The summed E-state index contributed by atoms with van der Waals surface area (Å²) in [7, 11) is 3.95. The van der Waals surface area contributed by atoms with Gasteiger partial charge in [-0.05, 0) is 26.7 Å². The molecule has 0 aromatic carbocycles. The van der Waals surface area contributed by atoms with Crippen LogP contribution in [-0.2, 0) is 9.47 Å². The highest BCUT2D eigenvalue weighted by Gasteiger charge is 2.43. The van der Waals surface area contributed by atoms with Crippen molar-refractivity contribution in [3.63, 3.8) is 0 Å². The molecule has 3 rings (SSSR count). The Hall–Kier alpha value is -1.44. The van der Waals surface area contributed by atoms with Crippen LogP contribution in [0.5, 0.6) is 0 Å². The monoisotopic (exact) mass is 349 g/mol. The fourth-order valence-electron chi connectivity index (χ4n) is 3.54. The maximum Gasteiger partial charge on any atom is 0.133 e. The van der Waals surface area contributed by atoms with Gasteiger partial charge < -0.3 is 19.7 Å². The van der Waals surface area contributed by atoms with Crippen molar-refractivity contribution < 1.29 is 9.47 Å². The van der Waals surface area contributed by atoms with Crippen LogP contribution in [0.15, 0.2) is 12.4 Å². The number of rotatable bonds is 5. The van der Waals surface area contributed by atoms with E-state index < -0.39 is 0 Å². The summed E-state index contributed by atoms with van der Waals surface area (Å²) in [6.45, 7) is 8.67. The molecule has 0 bridgehead atoms. The largest absolute Gasteiger partial charge is 0.377 e. The third-order valence-corrected chi connectivity index (χ3v) is 5.07. The Morgan fingerprint density at radius 1 is 1.40 bits per heavy atom. The zero-order valence-electron chi connectivity index (χ0n) is 15.9. The molecule has 1 spiro atoms. The predicted molar refractivity (Wildman–Crippen MR) is 99.2 cm³/mol. The molecule has 2 fully saturated rings. The highest BCUT2D eigenvalue weighted by Crippen LogP contribution is 2.33. The van der Waals surface area contributed by atoms with Gasteiger partial charge in [-0.1, -0.05) is 0 Å². The number of ether oxygens (including phenoxy) is 2. The molecule has 1 aromatic rings. The Morgan fingerprint density at radius 3 is 3.00 bits per heavy atom. The highest BCUT2D eigenvalue weighted by atomic mass is 16.6. The number of nitrogens with zero attached hydrogens (tertiary/aromatic N) is 4. The molecule has 3 heterocycles. The van der Waals surface area contributed by atoms with Gasteiger partial charge in [0.05, 0.1) is 19.3 Å². The third-order valence-electron chi connectivity index (χ3n) is 5.07. The second-order valence-corrected chi connectivity index (χ2v) is 7.62. The van der Waals surface area contributed by atoms with Gasteiger partial charge in [0.2, 0.25) is 0 Å². The Bertz CT molecular complexity index is 568. The smallest absolute Gasteiger partial charge is 0.133 e. The first-order chi connectivity index (χ1) is 12.0. The molecule has 2 atom stereocenters. The number of aromatic nitrogens is 2. The molecule has 0 unspecified atom stereocenters. The first kappa shape index (κ1) is 18.4. The summed E-state index contributed by atoms with van der Waals surface area (Å²) in [5, 5.41) is 3.40. The van der Waals surface area contributed by atoms with E-state index in [1.54, 1.807) is 6.33 Å². The minimum Gasteiger partial charge on any atom is -0.377 e. The van der Waals surface area contributed by atoms with E-state index in [1.165, 1.54) is 0 Å². The first-order valence-electron chi connectivity index (χ1n) is 9.20. The highest BCUT2D eigenvalue weighted by molar-refractivity contribution is 5.47. The lowest BCUT2D eigenvalue weighted by atomic mass is 9.99. The summed E-state index contributed by atoms with van der Waals surface area (Å²) in [5.41, 5.74) is -0.159. The quantitative estimate of drug-likeness (QED) is 0.866. The van der Waals surface area contributed by atoms with Crippen molar-refractivity contribution in [1.82, 2.24) is 14.9 Å². The topological polar surface area (TPSA) is 62.8 Å². The van der Waals surface area contributed by atoms with Crippen molar-refractivity contribution in [2.24, 2.45) is 0 Å². The van der Waals surface area contributed by atoms with Crippen molar-refractivity contribution in [3.8, 4) is 0 Å². The molecule has 1 N–H and O–H groups in total. The van der Waals surface area contributed by atoms with Gasteiger partial charge in [0.1, 0.15) is 23.6 Å². The molecule has 25 heavy (non-hydrogen) atoms. The Morgan fingerprint density at radius 2 is 2.24 bits per heavy atom. The summed E-state index contributed by atoms with van der Waals surface area (Å²) in [4.78, 5) is 13.0. The molecular weight excluding hydrogens is 318 g/mol. The predicted octanol–water partition coefficient (Wildman–Crippen LogP) is 1.61. The molecule has 7 nitrogen and oxygen atoms in total. The van der Waals surface area contributed by atoms with Gasteiger partial charge in [-0.2, -0.15) is 0 Å². The normalized spacial score (nSPS) is 27.6. The standard InChI is InChI=1S/C18H31N5O2/c1-14(2)23-7-8-24-12-18(11-23)6-5-15(25-18)10-19-16-9-17(22(3)4)21-13-20-16/h9,13-15H,5-8,10-12H2,1-4H3,(H,19,20,21)/t15-,18+/m1/s1. The van der Waals surface area contributed by atoms with E-state index in [0.29, 0.717) is 12.6 Å². The molecular formula is C18H31N5O2. The van der Waals surface area contributed by atoms with Gasteiger partial charge in [-0.15, -0.1) is 0 Å². The van der Waals surface area contributed by atoms with Gasteiger partial charge in [-0.25, -0.2) is 9.97 Å². The third kappa shape index (κ3) is 4.59. The zero-order valence-corrected chi connectivity index (χ0v) is 15.9. The fraction of sp³-hybridized carbons (Fsp3) is 0.778. The van der Waals surface area contributed by atoms with Gasteiger partial charge in [-0.3, -0.25) is 4.90 Å². The van der Waals surface area contributed by atoms with E-state index in [1.807, 2.05) is 25.1 Å². The molecule has 2 aliphatic rings. The van der Waals surface area contributed by atoms with Crippen molar-refractivity contribution >= 4 is 11.6 Å². The van der Waals surface area contributed by atoms with Crippen LogP contribution in [0.1, 0.15) is 26.7 Å². The van der Waals surface area contributed by atoms with E-state index in [-0.39, 0.29) is 11.7 Å². The van der Waals surface area contributed by atoms with E-state index in [0.717, 1.165) is 50.7 Å². The van der Waals surface area contributed by atoms with Gasteiger partial charge in [0.15, 0.2) is 0 Å². The van der Waals surface area contributed by atoms with E-state index in [9.17, 15) is 0 Å². The fourth-order valence-corrected chi connectivity index (χ4v) is 3.54. The molecule has 0 saturated carbocycles. The van der Waals surface area contributed by atoms with Gasteiger partial charge >= 0.3 is 0 Å². The minimum absolute atomic E-state index is 0.159. The SMILES string of the molecule is CC(C)N1CCOC[C@]2(CC[C@H](CNc3cc(N(C)C)ncn3)O2)C1. The Kier molecular flexibility index (Phi) is 5.76. The molecule has 0 amide bonds. The summed E-state index contributed by atoms with van der Waals surface area (Å²) in [5.74, 6) is 1.73. The first-order valence-corrected chi connectivity index (χ1v) is 9.20. The number of anilines is 2. The summed E-state index contributed by atoms with van der Waals surface area (Å²) in [6.07, 6.45) is 3.88. The van der Waals surface area contributed by atoms with Crippen molar-refractivity contribution in [1.29, 1.82) is 0 Å². The molecule has 2 aliphatic heterocycles.